The maximum absolute atomic E-state index is 13.5. The van der Waals surface area contributed by atoms with Crippen molar-refractivity contribution in [3.63, 3.8) is 0 Å². The number of carbonyl (C=O) groups excluding carboxylic acids is 4. The van der Waals surface area contributed by atoms with Crippen molar-refractivity contribution in [3.8, 4) is 5.75 Å². The molecule has 0 saturated carbocycles. The van der Waals surface area contributed by atoms with E-state index in [4.69, 9.17) is 9.47 Å². The number of morpholine rings is 1. The highest BCUT2D eigenvalue weighted by Crippen LogP contribution is 2.23. The first-order chi connectivity index (χ1) is 16.7. The molecule has 0 spiro atoms. The maximum atomic E-state index is 13.5. The largest absolute Gasteiger partial charge is 0.491 e. The Morgan fingerprint density at radius 2 is 1.77 bits per heavy atom. The lowest BCUT2D eigenvalue weighted by Crippen LogP contribution is -2.56. The van der Waals surface area contributed by atoms with Gasteiger partial charge in [0.05, 0.1) is 36.8 Å². The average Bonchev–Trinajstić information content (AvgIpc) is 3.29. The van der Waals surface area contributed by atoms with Crippen molar-refractivity contribution >= 4 is 23.6 Å². The molecule has 1 aromatic rings. The molecule has 0 unspecified atom stereocenters. The van der Waals surface area contributed by atoms with Crippen LogP contribution in [0.4, 0.5) is 0 Å². The van der Waals surface area contributed by atoms with Gasteiger partial charge >= 0.3 is 0 Å². The molecule has 3 aliphatic rings. The van der Waals surface area contributed by atoms with E-state index in [9.17, 15) is 19.2 Å². The number of carbonyl (C=O) groups is 4. The van der Waals surface area contributed by atoms with Crippen molar-refractivity contribution in [2.75, 3.05) is 39.8 Å². The van der Waals surface area contributed by atoms with Crippen LogP contribution >= 0.6 is 0 Å². The summed E-state index contributed by atoms with van der Waals surface area (Å²) in [7, 11) is 1.55. The highest BCUT2D eigenvalue weighted by Gasteiger charge is 2.36. The number of nitrogens with one attached hydrogen (secondary N) is 1. The molecule has 1 aromatic carbocycles. The number of ether oxygens (including phenoxy) is 2. The summed E-state index contributed by atoms with van der Waals surface area (Å²) in [5.41, 5.74) is 0.280. The molecule has 10 nitrogen and oxygen atoms in total. The Kier molecular flexibility index (Phi) is 7.59. The predicted molar refractivity (Wildman–Crippen MR) is 127 cm³/mol. The molecule has 3 heterocycles. The van der Waals surface area contributed by atoms with Crippen LogP contribution in [0.3, 0.4) is 0 Å². The summed E-state index contributed by atoms with van der Waals surface area (Å²) in [5, 5.41) is 2.77. The standard InChI is InChI=1S/C25H34N4O6/c1-16-12-28(13-17(2)35-16)25(33)20-11-22(30)27(3)14-23(31)29-10-6-7-18(29)15-34-21-9-5-4-8-19(21)24(32)26-20/h4-5,8-9,16-18,20H,6-7,10-15H2,1-3H3,(H,26,32)/t16-,17+,18-,20+/m1/s1. The Bertz CT molecular complexity index is 974. The summed E-state index contributed by atoms with van der Waals surface area (Å²) in [4.78, 5) is 57.5. The SMILES string of the molecule is C[C@@H]1CN(C(=O)[C@@H]2CC(=O)N(C)CC(=O)N3CCC[C@@H]3COc3ccccc3C(=O)N2)C[C@H](C)O1. The molecule has 2 fully saturated rings. The summed E-state index contributed by atoms with van der Waals surface area (Å²) in [6.45, 7) is 5.26. The number of nitrogens with zero attached hydrogens (tertiary/aromatic N) is 3. The first-order valence-electron chi connectivity index (χ1n) is 12.2. The minimum atomic E-state index is -1.08. The molecular formula is C25H34N4O6. The second kappa shape index (κ2) is 10.6. The number of para-hydroxylation sites is 1. The Morgan fingerprint density at radius 3 is 2.51 bits per heavy atom. The fourth-order valence-electron chi connectivity index (χ4n) is 5.03. The Morgan fingerprint density at radius 1 is 1.06 bits per heavy atom. The summed E-state index contributed by atoms with van der Waals surface area (Å²) < 4.78 is 11.7. The Labute approximate surface area is 205 Å². The zero-order valence-corrected chi connectivity index (χ0v) is 20.6. The van der Waals surface area contributed by atoms with Crippen LogP contribution in [0.2, 0.25) is 0 Å². The molecule has 190 valence electrons. The molecule has 0 bridgehead atoms. The second-order valence-electron chi connectivity index (χ2n) is 9.67. The fourth-order valence-corrected chi connectivity index (χ4v) is 5.03. The van der Waals surface area contributed by atoms with Crippen LogP contribution in [0.15, 0.2) is 24.3 Å². The van der Waals surface area contributed by atoms with E-state index in [-0.39, 0.29) is 61.1 Å². The average molecular weight is 487 g/mol. The smallest absolute Gasteiger partial charge is 0.255 e. The molecule has 2 saturated heterocycles. The third-order valence-corrected chi connectivity index (χ3v) is 6.77. The van der Waals surface area contributed by atoms with Crippen molar-refractivity contribution in [2.45, 2.75) is 57.4 Å². The van der Waals surface area contributed by atoms with Crippen LogP contribution in [0, 0.1) is 0 Å². The fraction of sp³-hybridized carbons (Fsp3) is 0.600. The number of benzene rings is 1. The first kappa shape index (κ1) is 25.0. The van der Waals surface area contributed by atoms with Crippen LogP contribution in [-0.2, 0) is 19.1 Å². The van der Waals surface area contributed by atoms with E-state index in [1.807, 2.05) is 13.8 Å². The summed E-state index contributed by atoms with van der Waals surface area (Å²) in [6, 6.07) is 5.61. The molecule has 4 rings (SSSR count). The van der Waals surface area contributed by atoms with Gasteiger partial charge in [0.1, 0.15) is 18.4 Å². The van der Waals surface area contributed by atoms with E-state index < -0.39 is 11.9 Å². The van der Waals surface area contributed by atoms with Gasteiger partial charge in [-0.2, -0.15) is 0 Å². The van der Waals surface area contributed by atoms with Crippen molar-refractivity contribution in [1.82, 2.24) is 20.0 Å². The number of hydrogen-bond donors (Lipinski definition) is 1. The topological polar surface area (TPSA) is 108 Å². The van der Waals surface area contributed by atoms with Gasteiger partial charge in [-0.3, -0.25) is 19.2 Å². The van der Waals surface area contributed by atoms with Crippen molar-refractivity contribution in [1.29, 1.82) is 0 Å². The molecule has 4 atom stereocenters. The van der Waals surface area contributed by atoms with Crippen LogP contribution in [0.1, 0.15) is 43.5 Å². The number of fused-ring (bicyclic) bond motifs is 2. The van der Waals surface area contributed by atoms with Crippen LogP contribution in [-0.4, -0.2) is 102 Å². The van der Waals surface area contributed by atoms with E-state index in [1.54, 1.807) is 41.1 Å². The minimum Gasteiger partial charge on any atom is -0.491 e. The van der Waals surface area contributed by atoms with Gasteiger partial charge in [0.15, 0.2) is 0 Å². The molecule has 10 heteroatoms. The molecule has 35 heavy (non-hydrogen) atoms. The second-order valence-corrected chi connectivity index (χ2v) is 9.67. The zero-order chi connectivity index (χ0) is 25.1. The van der Waals surface area contributed by atoms with Crippen LogP contribution < -0.4 is 10.1 Å². The predicted octanol–water partition coefficient (Wildman–Crippen LogP) is 0.653. The van der Waals surface area contributed by atoms with E-state index in [1.165, 1.54) is 4.90 Å². The zero-order valence-electron chi connectivity index (χ0n) is 20.6. The number of hydrogen-bond acceptors (Lipinski definition) is 6. The molecule has 1 N–H and O–H groups in total. The van der Waals surface area contributed by atoms with E-state index in [0.29, 0.717) is 25.4 Å². The van der Waals surface area contributed by atoms with Gasteiger partial charge in [0.2, 0.25) is 17.7 Å². The number of rotatable bonds is 1. The van der Waals surface area contributed by atoms with Gasteiger partial charge in [0.25, 0.3) is 5.91 Å². The normalized spacial score (nSPS) is 28.5. The number of likely N-dealkylation sites (N-methyl/N-ethyl adjacent to an activating group) is 1. The quantitative estimate of drug-likeness (QED) is 0.625. The molecule has 4 amide bonds. The molecular weight excluding hydrogens is 452 g/mol. The van der Waals surface area contributed by atoms with Gasteiger partial charge < -0.3 is 29.5 Å². The third kappa shape index (κ3) is 5.75. The highest BCUT2D eigenvalue weighted by molar-refractivity contribution is 6.01. The van der Waals surface area contributed by atoms with E-state index >= 15 is 0 Å². The molecule has 3 aliphatic heterocycles. The lowest BCUT2D eigenvalue weighted by molar-refractivity contribution is -0.148. The van der Waals surface area contributed by atoms with Crippen molar-refractivity contribution in [3.05, 3.63) is 29.8 Å². The Hall–Kier alpha value is -3.14. The van der Waals surface area contributed by atoms with Crippen LogP contribution in [0.5, 0.6) is 5.75 Å². The van der Waals surface area contributed by atoms with Gasteiger partial charge in [-0.1, -0.05) is 12.1 Å². The monoisotopic (exact) mass is 486 g/mol. The minimum absolute atomic E-state index is 0.0909. The van der Waals surface area contributed by atoms with Crippen molar-refractivity contribution < 1.29 is 28.7 Å². The highest BCUT2D eigenvalue weighted by atomic mass is 16.5. The van der Waals surface area contributed by atoms with E-state index in [2.05, 4.69) is 5.32 Å². The van der Waals surface area contributed by atoms with Crippen molar-refractivity contribution in [2.24, 2.45) is 0 Å². The molecule has 0 radical (unpaired) electrons. The summed E-state index contributed by atoms with van der Waals surface area (Å²) in [6.07, 6.45) is 1.09. The first-order valence-corrected chi connectivity index (χ1v) is 12.2. The van der Waals surface area contributed by atoms with Gasteiger partial charge in [-0.05, 0) is 38.8 Å². The lowest BCUT2D eigenvalue weighted by Gasteiger charge is -2.37. The summed E-state index contributed by atoms with van der Waals surface area (Å²) >= 11 is 0. The van der Waals surface area contributed by atoms with Crippen LogP contribution in [0.25, 0.3) is 0 Å². The molecule has 0 aromatic heterocycles. The third-order valence-electron chi connectivity index (χ3n) is 6.77. The number of amides is 4. The Balaban J connectivity index is 1.63. The van der Waals surface area contributed by atoms with Gasteiger partial charge in [-0.15, -0.1) is 0 Å². The van der Waals surface area contributed by atoms with Gasteiger partial charge in [0, 0.05) is 26.7 Å². The maximum Gasteiger partial charge on any atom is 0.255 e. The lowest BCUT2D eigenvalue weighted by atomic mass is 10.1. The van der Waals surface area contributed by atoms with E-state index in [0.717, 1.165) is 12.8 Å². The molecule has 0 aliphatic carbocycles. The van der Waals surface area contributed by atoms with Gasteiger partial charge in [-0.25, -0.2) is 0 Å². The summed E-state index contributed by atoms with van der Waals surface area (Å²) in [5.74, 6) is -0.993.